The average Bonchev–Trinajstić information content (AvgIpc) is 2.41. The maximum absolute atomic E-state index is 11.8. The van der Waals surface area contributed by atoms with E-state index in [9.17, 15) is 4.79 Å². The number of halogens is 1. The number of hydrogen-bond acceptors (Lipinski definition) is 1. The van der Waals surface area contributed by atoms with E-state index < -0.39 is 0 Å². The van der Waals surface area contributed by atoms with Crippen molar-refractivity contribution >= 4 is 29.3 Å². The van der Waals surface area contributed by atoms with Crippen molar-refractivity contribution in [3.8, 4) is 0 Å². The number of aryl methyl sites for hydroxylation is 1. The summed E-state index contributed by atoms with van der Waals surface area (Å²) in [5, 5.41) is 3.52. The van der Waals surface area contributed by atoms with E-state index in [1.165, 1.54) is 6.08 Å². The van der Waals surface area contributed by atoms with Gasteiger partial charge in [0.2, 0.25) is 5.91 Å². The van der Waals surface area contributed by atoms with Crippen LogP contribution in [0.4, 0.5) is 5.69 Å². The van der Waals surface area contributed by atoms with Crippen molar-refractivity contribution in [3.05, 3.63) is 70.8 Å². The van der Waals surface area contributed by atoms with E-state index in [4.69, 9.17) is 11.6 Å². The zero-order chi connectivity index (χ0) is 13.7. The predicted octanol–water partition coefficient (Wildman–Crippen LogP) is 4.30. The molecule has 0 spiro atoms. The Morgan fingerprint density at radius 3 is 2.47 bits per heavy atom. The summed E-state index contributed by atoms with van der Waals surface area (Å²) in [4.78, 5) is 11.8. The van der Waals surface area contributed by atoms with Gasteiger partial charge < -0.3 is 5.32 Å². The van der Waals surface area contributed by atoms with Crippen LogP contribution in [0.3, 0.4) is 0 Å². The molecule has 0 aliphatic heterocycles. The highest BCUT2D eigenvalue weighted by Gasteiger charge is 2.00. The third kappa shape index (κ3) is 3.97. The molecule has 0 aromatic heterocycles. The molecule has 96 valence electrons. The molecule has 0 saturated heterocycles. The van der Waals surface area contributed by atoms with Crippen molar-refractivity contribution in [3.63, 3.8) is 0 Å². The van der Waals surface area contributed by atoms with Gasteiger partial charge in [0.1, 0.15) is 0 Å². The lowest BCUT2D eigenvalue weighted by molar-refractivity contribution is -0.111. The number of carbonyl (C=O) groups is 1. The first kappa shape index (κ1) is 13.4. The maximum atomic E-state index is 11.8. The van der Waals surface area contributed by atoms with Crippen LogP contribution in [-0.2, 0) is 4.79 Å². The van der Waals surface area contributed by atoms with Crippen molar-refractivity contribution in [2.24, 2.45) is 0 Å². The SMILES string of the molecule is Cc1ccccc1NC(=O)/C=C/c1ccc(Cl)cc1. The van der Waals surface area contributed by atoms with Crippen molar-refractivity contribution in [1.29, 1.82) is 0 Å². The van der Waals surface area contributed by atoms with Crippen molar-refractivity contribution in [2.45, 2.75) is 6.92 Å². The molecule has 1 amide bonds. The molecule has 2 aromatic rings. The van der Waals surface area contributed by atoms with E-state index in [2.05, 4.69) is 5.32 Å². The summed E-state index contributed by atoms with van der Waals surface area (Å²) in [6, 6.07) is 15.0. The molecule has 19 heavy (non-hydrogen) atoms. The van der Waals surface area contributed by atoms with E-state index in [0.29, 0.717) is 5.02 Å². The number of rotatable bonds is 3. The van der Waals surface area contributed by atoms with E-state index >= 15 is 0 Å². The van der Waals surface area contributed by atoms with Crippen LogP contribution >= 0.6 is 11.6 Å². The highest BCUT2D eigenvalue weighted by atomic mass is 35.5. The second kappa shape index (κ2) is 6.21. The van der Waals surface area contributed by atoms with Gasteiger partial charge in [0, 0.05) is 16.8 Å². The number of hydrogen-bond donors (Lipinski definition) is 1. The molecule has 0 aliphatic carbocycles. The molecule has 2 aromatic carbocycles. The molecular weight excluding hydrogens is 258 g/mol. The maximum Gasteiger partial charge on any atom is 0.248 e. The van der Waals surface area contributed by atoms with Gasteiger partial charge in [-0.25, -0.2) is 0 Å². The first-order chi connectivity index (χ1) is 9.15. The summed E-state index contributed by atoms with van der Waals surface area (Å²) in [6.07, 6.45) is 3.26. The normalized spacial score (nSPS) is 10.6. The highest BCUT2D eigenvalue weighted by molar-refractivity contribution is 6.30. The van der Waals surface area contributed by atoms with Gasteiger partial charge in [0.15, 0.2) is 0 Å². The van der Waals surface area contributed by atoms with Gasteiger partial charge in [-0.3, -0.25) is 4.79 Å². The topological polar surface area (TPSA) is 29.1 Å². The quantitative estimate of drug-likeness (QED) is 0.829. The van der Waals surface area contributed by atoms with Crippen molar-refractivity contribution in [1.82, 2.24) is 0 Å². The van der Waals surface area contributed by atoms with Crippen molar-refractivity contribution in [2.75, 3.05) is 5.32 Å². The van der Waals surface area contributed by atoms with Gasteiger partial charge in [-0.05, 0) is 42.3 Å². The number of amides is 1. The zero-order valence-corrected chi connectivity index (χ0v) is 11.3. The fourth-order valence-corrected chi connectivity index (χ4v) is 1.76. The molecule has 0 saturated carbocycles. The average molecular weight is 272 g/mol. The molecule has 0 unspecified atom stereocenters. The molecule has 0 aliphatic rings. The second-order valence-electron chi connectivity index (χ2n) is 4.19. The van der Waals surface area contributed by atoms with Crippen LogP contribution in [0.5, 0.6) is 0 Å². The molecule has 0 atom stereocenters. The minimum absolute atomic E-state index is 0.149. The monoisotopic (exact) mass is 271 g/mol. The molecule has 2 rings (SSSR count). The summed E-state index contributed by atoms with van der Waals surface area (Å²) < 4.78 is 0. The third-order valence-corrected chi connectivity index (χ3v) is 2.95. The van der Waals surface area contributed by atoms with Gasteiger partial charge in [0.25, 0.3) is 0 Å². The van der Waals surface area contributed by atoms with Gasteiger partial charge in [-0.15, -0.1) is 0 Å². The number of para-hydroxylation sites is 1. The third-order valence-electron chi connectivity index (χ3n) is 2.70. The molecular formula is C16H14ClNO. The molecule has 0 fully saturated rings. The molecule has 1 N–H and O–H groups in total. The summed E-state index contributed by atoms with van der Waals surface area (Å²) in [7, 11) is 0. The van der Waals surface area contributed by atoms with E-state index in [0.717, 1.165) is 16.8 Å². The fraction of sp³-hybridized carbons (Fsp3) is 0.0625. The lowest BCUT2D eigenvalue weighted by atomic mass is 10.2. The summed E-state index contributed by atoms with van der Waals surface area (Å²) in [5.41, 5.74) is 2.80. The number of benzene rings is 2. The standard InChI is InChI=1S/C16H14ClNO/c1-12-4-2-3-5-15(12)18-16(19)11-8-13-6-9-14(17)10-7-13/h2-11H,1H3,(H,18,19)/b11-8+. The van der Waals surface area contributed by atoms with Crippen LogP contribution in [-0.4, -0.2) is 5.91 Å². The first-order valence-corrected chi connectivity index (χ1v) is 6.33. The van der Waals surface area contributed by atoms with Crippen LogP contribution in [0.25, 0.3) is 6.08 Å². The Labute approximate surface area is 117 Å². The van der Waals surface area contributed by atoms with Crippen LogP contribution in [0.1, 0.15) is 11.1 Å². The molecule has 0 radical (unpaired) electrons. The molecule has 2 nitrogen and oxygen atoms in total. The molecule has 0 bridgehead atoms. The Morgan fingerprint density at radius 2 is 1.79 bits per heavy atom. The Balaban J connectivity index is 2.02. The largest absolute Gasteiger partial charge is 0.322 e. The van der Waals surface area contributed by atoms with Gasteiger partial charge in [-0.1, -0.05) is 41.9 Å². The van der Waals surface area contributed by atoms with Gasteiger partial charge in [0.05, 0.1) is 0 Å². The predicted molar refractivity (Wildman–Crippen MR) is 80.3 cm³/mol. The van der Waals surface area contributed by atoms with Crippen LogP contribution < -0.4 is 5.32 Å². The number of anilines is 1. The fourth-order valence-electron chi connectivity index (χ4n) is 1.63. The minimum Gasteiger partial charge on any atom is -0.322 e. The summed E-state index contributed by atoms with van der Waals surface area (Å²) in [5.74, 6) is -0.149. The van der Waals surface area contributed by atoms with E-state index in [1.54, 1.807) is 18.2 Å². The van der Waals surface area contributed by atoms with Crippen LogP contribution in [0.15, 0.2) is 54.6 Å². The summed E-state index contributed by atoms with van der Waals surface area (Å²) in [6.45, 7) is 1.96. The lowest BCUT2D eigenvalue weighted by Gasteiger charge is -2.05. The number of carbonyl (C=O) groups excluding carboxylic acids is 1. The van der Waals surface area contributed by atoms with E-state index in [1.807, 2.05) is 43.3 Å². The first-order valence-electron chi connectivity index (χ1n) is 5.95. The van der Waals surface area contributed by atoms with E-state index in [-0.39, 0.29) is 5.91 Å². The van der Waals surface area contributed by atoms with Crippen LogP contribution in [0, 0.1) is 6.92 Å². The lowest BCUT2D eigenvalue weighted by Crippen LogP contribution is -2.08. The zero-order valence-electron chi connectivity index (χ0n) is 10.6. The number of nitrogens with one attached hydrogen (secondary N) is 1. The Hall–Kier alpha value is -2.06. The van der Waals surface area contributed by atoms with Crippen molar-refractivity contribution < 1.29 is 4.79 Å². The summed E-state index contributed by atoms with van der Waals surface area (Å²) >= 11 is 5.80. The van der Waals surface area contributed by atoms with Crippen LogP contribution in [0.2, 0.25) is 5.02 Å². The molecule has 0 heterocycles. The smallest absolute Gasteiger partial charge is 0.248 e. The molecule has 3 heteroatoms. The van der Waals surface area contributed by atoms with Gasteiger partial charge >= 0.3 is 0 Å². The Morgan fingerprint density at radius 1 is 1.11 bits per heavy atom. The van der Waals surface area contributed by atoms with Gasteiger partial charge in [-0.2, -0.15) is 0 Å². The minimum atomic E-state index is -0.149. The Bertz CT molecular complexity index is 602. The Kier molecular flexibility index (Phi) is 4.37. The second-order valence-corrected chi connectivity index (χ2v) is 4.63. The highest BCUT2D eigenvalue weighted by Crippen LogP contribution is 2.14.